The maximum absolute atomic E-state index is 13.2. The van der Waals surface area contributed by atoms with E-state index in [1.54, 1.807) is 12.1 Å². The van der Waals surface area contributed by atoms with Gasteiger partial charge in [0.05, 0.1) is 11.6 Å². The molecular weight excluding hydrogens is 337 g/mol. The van der Waals surface area contributed by atoms with Crippen molar-refractivity contribution in [2.45, 2.75) is 19.4 Å². The molecule has 5 nitrogen and oxygen atoms in total. The molecule has 0 aromatic heterocycles. The van der Waals surface area contributed by atoms with Gasteiger partial charge in [-0.25, -0.2) is 4.39 Å². The summed E-state index contributed by atoms with van der Waals surface area (Å²) in [5, 5.41) is 20.2. The minimum Gasteiger partial charge on any atom is -0.508 e. The molecule has 1 aliphatic heterocycles. The van der Waals surface area contributed by atoms with Gasteiger partial charge < -0.3 is 15.1 Å². The third kappa shape index (κ3) is 3.06. The van der Waals surface area contributed by atoms with Gasteiger partial charge in [0, 0.05) is 12.1 Å². The summed E-state index contributed by atoms with van der Waals surface area (Å²) in [5.41, 5.74) is 0.810. The van der Waals surface area contributed by atoms with E-state index in [1.165, 1.54) is 41.3 Å². The first-order valence-corrected chi connectivity index (χ1v) is 8.27. The standard InChI is InChI=1S/C20H18FNO4/c1-2-11-22-17(12-5-9-15(23)10-6-12)16(19(25)20(22)26)18(24)13-3-7-14(21)8-4-13/h3-10,17,23-24H,2,11H2,1H3/b18-16-. The van der Waals surface area contributed by atoms with Crippen molar-refractivity contribution >= 4 is 17.4 Å². The Morgan fingerprint density at radius 3 is 2.27 bits per heavy atom. The lowest BCUT2D eigenvalue weighted by Crippen LogP contribution is -2.30. The Kier molecular flexibility index (Phi) is 4.75. The third-order valence-electron chi connectivity index (χ3n) is 4.33. The number of likely N-dealkylation sites (tertiary alicyclic amines) is 1. The van der Waals surface area contributed by atoms with Crippen LogP contribution in [0.25, 0.3) is 5.76 Å². The van der Waals surface area contributed by atoms with Gasteiger partial charge in [-0.1, -0.05) is 19.1 Å². The molecule has 1 heterocycles. The summed E-state index contributed by atoms with van der Waals surface area (Å²) in [6.07, 6.45) is 0.637. The number of aromatic hydroxyl groups is 1. The number of benzene rings is 2. The van der Waals surface area contributed by atoms with Gasteiger partial charge in [-0.15, -0.1) is 0 Å². The molecule has 1 unspecified atom stereocenters. The van der Waals surface area contributed by atoms with E-state index in [4.69, 9.17) is 0 Å². The quantitative estimate of drug-likeness (QED) is 0.501. The number of nitrogens with zero attached hydrogens (tertiary/aromatic N) is 1. The first-order chi connectivity index (χ1) is 12.4. The molecule has 2 N–H and O–H groups in total. The highest BCUT2D eigenvalue weighted by molar-refractivity contribution is 6.46. The molecule has 3 rings (SSSR count). The van der Waals surface area contributed by atoms with Gasteiger partial charge in [0.2, 0.25) is 0 Å². The number of rotatable bonds is 4. The lowest BCUT2D eigenvalue weighted by molar-refractivity contribution is -0.139. The smallest absolute Gasteiger partial charge is 0.295 e. The Hall–Kier alpha value is -3.15. The number of hydrogen-bond acceptors (Lipinski definition) is 4. The summed E-state index contributed by atoms with van der Waals surface area (Å²) in [7, 11) is 0. The van der Waals surface area contributed by atoms with Gasteiger partial charge in [-0.2, -0.15) is 0 Å². The van der Waals surface area contributed by atoms with Crippen molar-refractivity contribution in [2.75, 3.05) is 6.54 Å². The van der Waals surface area contributed by atoms with Gasteiger partial charge in [0.1, 0.15) is 17.3 Å². The van der Waals surface area contributed by atoms with E-state index in [9.17, 15) is 24.2 Å². The number of ketones is 1. The third-order valence-corrected chi connectivity index (χ3v) is 4.33. The Morgan fingerprint density at radius 2 is 1.69 bits per heavy atom. The van der Waals surface area contributed by atoms with Crippen molar-refractivity contribution in [1.82, 2.24) is 4.90 Å². The van der Waals surface area contributed by atoms with Crippen LogP contribution in [0.1, 0.15) is 30.5 Å². The Bertz CT molecular complexity index is 872. The molecule has 1 fully saturated rings. The van der Waals surface area contributed by atoms with Crippen molar-refractivity contribution in [3.63, 3.8) is 0 Å². The lowest BCUT2D eigenvalue weighted by Gasteiger charge is -2.24. The van der Waals surface area contributed by atoms with Crippen molar-refractivity contribution < 1.29 is 24.2 Å². The SMILES string of the molecule is CCCN1C(=O)C(=O)/C(=C(\O)c2ccc(F)cc2)C1c1ccc(O)cc1. The van der Waals surface area contributed by atoms with Gasteiger partial charge in [0.25, 0.3) is 11.7 Å². The van der Waals surface area contributed by atoms with Crippen LogP contribution in [-0.4, -0.2) is 33.3 Å². The number of Topliss-reactive ketones (excluding diaryl/α,β-unsaturated/α-hetero) is 1. The van der Waals surface area contributed by atoms with Crippen LogP contribution >= 0.6 is 0 Å². The number of phenols is 1. The number of carbonyl (C=O) groups excluding carboxylic acids is 2. The predicted octanol–water partition coefficient (Wildman–Crippen LogP) is 3.36. The number of aliphatic hydroxyl groups excluding tert-OH is 1. The monoisotopic (exact) mass is 355 g/mol. The molecule has 0 aliphatic carbocycles. The lowest BCUT2D eigenvalue weighted by atomic mass is 9.95. The van der Waals surface area contributed by atoms with Crippen LogP contribution in [0, 0.1) is 5.82 Å². The largest absolute Gasteiger partial charge is 0.508 e. The fraction of sp³-hybridized carbons (Fsp3) is 0.200. The van der Waals surface area contributed by atoms with Gasteiger partial charge in [0.15, 0.2) is 0 Å². The number of carbonyl (C=O) groups is 2. The second-order valence-electron chi connectivity index (χ2n) is 6.09. The van der Waals surface area contributed by atoms with E-state index in [2.05, 4.69) is 0 Å². The van der Waals surface area contributed by atoms with Crippen LogP contribution in [0.4, 0.5) is 4.39 Å². The minimum atomic E-state index is -0.779. The highest BCUT2D eigenvalue weighted by Gasteiger charge is 2.45. The number of hydrogen-bond donors (Lipinski definition) is 2. The predicted molar refractivity (Wildman–Crippen MR) is 93.8 cm³/mol. The molecule has 0 radical (unpaired) electrons. The normalized spacial score (nSPS) is 19.2. The van der Waals surface area contributed by atoms with E-state index < -0.39 is 23.5 Å². The summed E-state index contributed by atoms with van der Waals surface area (Å²) in [6, 6.07) is 10.4. The zero-order valence-corrected chi connectivity index (χ0v) is 14.1. The van der Waals surface area contributed by atoms with Crippen LogP contribution in [-0.2, 0) is 9.59 Å². The highest BCUT2D eigenvalue weighted by atomic mass is 19.1. The van der Waals surface area contributed by atoms with Crippen LogP contribution in [0.2, 0.25) is 0 Å². The minimum absolute atomic E-state index is 0.0410. The van der Waals surface area contributed by atoms with Gasteiger partial charge in [-0.3, -0.25) is 9.59 Å². The maximum atomic E-state index is 13.2. The first kappa shape index (κ1) is 17.7. The molecule has 1 atom stereocenters. The van der Waals surface area contributed by atoms with E-state index >= 15 is 0 Å². The zero-order chi connectivity index (χ0) is 18.8. The average molecular weight is 355 g/mol. The Balaban J connectivity index is 2.17. The fourth-order valence-electron chi connectivity index (χ4n) is 3.12. The summed E-state index contributed by atoms with van der Waals surface area (Å²) >= 11 is 0. The topological polar surface area (TPSA) is 77.8 Å². The summed E-state index contributed by atoms with van der Waals surface area (Å²) in [4.78, 5) is 26.5. The van der Waals surface area contributed by atoms with Gasteiger partial charge >= 0.3 is 0 Å². The zero-order valence-electron chi connectivity index (χ0n) is 14.1. The van der Waals surface area contributed by atoms with Crippen molar-refractivity contribution in [1.29, 1.82) is 0 Å². The molecular formula is C20H18FNO4. The van der Waals surface area contributed by atoms with E-state index in [0.29, 0.717) is 18.5 Å². The van der Waals surface area contributed by atoms with Crippen LogP contribution in [0.3, 0.4) is 0 Å². The van der Waals surface area contributed by atoms with Crippen LogP contribution in [0.15, 0.2) is 54.1 Å². The molecule has 0 bridgehead atoms. The second kappa shape index (κ2) is 7.00. The molecule has 2 aromatic carbocycles. The molecule has 0 saturated carbocycles. The Labute approximate surface area is 150 Å². The molecule has 1 saturated heterocycles. The highest BCUT2D eigenvalue weighted by Crippen LogP contribution is 2.39. The molecule has 134 valence electrons. The second-order valence-corrected chi connectivity index (χ2v) is 6.09. The molecule has 6 heteroatoms. The molecule has 1 amide bonds. The molecule has 2 aromatic rings. The van der Waals surface area contributed by atoms with Gasteiger partial charge in [-0.05, 0) is 48.4 Å². The summed E-state index contributed by atoms with van der Waals surface area (Å²) < 4.78 is 13.2. The first-order valence-electron chi connectivity index (χ1n) is 8.27. The fourth-order valence-corrected chi connectivity index (χ4v) is 3.12. The van der Waals surface area contributed by atoms with Crippen molar-refractivity contribution in [3.8, 4) is 5.75 Å². The number of aliphatic hydroxyl groups is 1. The van der Waals surface area contributed by atoms with Crippen LogP contribution < -0.4 is 0 Å². The summed E-state index contributed by atoms with van der Waals surface area (Å²) in [6.45, 7) is 2.23. The van der Waals surface area contributed by atoms with Crippen molar-refractivity contribution in [3.05, 3.63) is 71.0 Å². The van der Waals surface area contributed by atoms with E-state index in [1.807, 2.05) is 6.92 Å². The van der Waals surface area contributed by atoms with Crippen molar-refractivity contribution in [2.24, 2.45) is 0 Å². The van der Waals surface area contributed by atoms with E-state index in [0.717, 1.165) is 0 Å². The Morgan fingerprint density at radius 1 is 1.08 bits per heavy atom. The molecule has 0 spiro atoms. The summed E-state index contributed by atoms with van der Waals surface area (Å²) in [5.74, 6) is -2.23. The number of amides is 1. The molecule has 1 aliphatic rings. The maximum Gasteiger partial charge on any atom is 0.295 e. The van der Waals surface area contributed by atoms with Crippen LogP contribution in [0.5, 0.6) is 5.75 Å². The number of phenolic OH excluding ortho intramolecular Hbond substituents is 1. The average Bonchev–Trinajstić information content (AvgIpc) is 2.88. The number of halogens is 1. The van der Waals surface area contributed by atoms with E-state index in [-0.39, 0.29) is 22.6 Å². The molecule has 26 heavy (non-hydrogen) atoms.